The average Bonchev–Trinajstić information content (AvgIpc) is 2.83. The van der Waals surface area contributed by atoms with Crippen molar-refractivity contribution < 1.29 is 0 Å². The largest absolute Gasteiger partial charge is 0.0710 e. The predicted molar refractivity (Wildman–Crippen MR) is 64.3 cm³/mol. The van der Waals surface area contributed by atoms with Crippen LogP contribution >= 0.6 is 0 Å². The van der Waals surface area contributed by atoms with Crippen molar-refractivity contribution >= 4 is 0 Å². The van der Waals surface area contributed by atoms with Crippen molar-refractivity contribution in [2.45, 2.75) is 60.8 Å². The fourth-order valence-electron chi connectivity index (χ4n) is 2.80. The van der Waals surface area contributed by atoms with Crippen LogP contribution in [0.2, 0.25) is 0 Å². The molecule has 0 heterocycles. The van der Waals surface area contributed by atoms with E-state index < -0.39 is 0 Å². The smallest absolute Gasteiger partial charge is 0.0198 e. The van der Waals surface area contributed by atoms with Crippen molar-refractivity contribution in [3.05, 3.63) is 11.1 Å². The van der Waals surface area contributed by atoms with Crippen molar-refractivity contribution in [3.8, 4) is 0 Å². The van der Waals surface area contributed by atoms with Crippen LogP contribution in [0.1, 0.15) is 60.8 Å². The highest BCUT2D eigenvalue weighted by atomic mass is 14.4. The van der Waals surface area contributed by atoms with Gasteiger partial charge in [0.25, 0.3) is 0 Å². The molecule has 0 bridgehead atoms. The lowest BCUT2D eigenvalue weighted by atomic mass is 9.70. The molecule has 0 amide bonds. The van der Waals surface area contributed by atoms with E-state index in [2.05, 4.69) is 41.5 Å². The lowest BCUT2D eigenvalue weighted by Crippen LogP contribution is -2.26. The second kappa shape index (κ2) is 4.08. The molecule has 0 nitrogen and oxygen atoms in total. The summed E-state index contributed by atoms with van der Waals surface area (Å²) in [4.78, 5) is 0. The maximum atomic E-state index is 2.42. The lowest BCUT2D eigenvalue weighted by molar-refractivity contribution is 0.181. The van der Waals surface area contributed by atoms with Crippen LogP contribution in [-0.4, -0.2) is 0 Å². The molecule has 1 fully saturated rings. The lowest BCUT2D eigenvalue weighted by Gasteiger charge is -2.35. The maximum Gasteiger partial charge on any atom is -0.0198 e. The van der Waals surface area contributed by atoms with Gasteiger partial charge in [-0.15, -0.1) is 0 Å². The first kappa shape index (κ1) is 11.8. The second-order valence-corrected chi connectivity index (χ2v) is 5.96. The minimum atomic E-state index is 0.449. The van der Waals surface area contributed by atoms with Crippen LogP contribution in [0.3, 0.4) is 0 Å². The summed E-state index contributed by atoms with van der Waals surface area (Å²) in [6.07, 6.45) is 4.04. The Hall–Kier alpha value is -0.260. The molecule has 2 unspecified atom stereocenters. The van der Waals surface area contributed by atoms with E-state index in [-0.39, 0.29) is 0 Å². The monoisotopic (exact) mass is 194 g/mol. The zero-order valence-electron chi connectivity index (χ0n) is 10.8. The third-order valence-corrected chi connectivity index (χ3v) is 3.90. The second-order valence-electron chi connectivity index (χ2n) is 5.96. The fourth-order valence-corrected chi connectivity index (χ4v) is 2.80. The molecular formula is C14H26. The molecule has 0 N–H and O–H groups in total. The zero-order chi connectivity index (χ0) is 10.9. The van der Waals surface area contributed by atoms with Gasteiger partial charge in [0, 0.05) is 0 Å². The van der Waals surface area contributed by atoms with Gasteiger partial charge in [0.1, 0.15) is 0 Å². The number of rotatable bonds is 3. The molecular weight excluding hydrogens is 168 g/mol. The van der Waals surface area contributed by atoms with Crippen LogP contribution in [0, 0.1) is 17.3 Å². The molecule has 1 saturated carbocycles. The van der Waals surface area contributed by atoms with Gasteiger partial charge in [-0.05, 0) is 37.0 Å². The Bertz CT molecular complexity index is 221. The minimum Gasteiger partial charge on any atom is -0.0710 e. The maximum absolute atomic E-state index is 2.42. The van der Waals surface area contributed by atoms with Gasteiger partial charge in [0.05, 0.1) is 0 Å². The zero-order valence-corrected chi connectivity index (χ0v) is 10.8. The van der Waals surface area contributed by atoms with Gasteiger partial charge in [0.2, 0.25) is 0 Å². The highest BCUT2D eigenvalue weighted by Crippen LogP contribution is 2.42. The van der Waals surface area contributed by atoms with E-state index in [0.29, 0.717) is 5.41 Å². The Morgan fingerprint density at radius 3 is 2.07 bits per heavy atom. The van der Waals surface area contributed by atoms with Crippen LogP contribution in [0.15, 0.2) is 11.1 Å². The van der Waals surface area contributed by atoms with Crippen LogP contribution in [0.4, 0.5) is 0 Å². The summed E-state index contributed by atoms with van der Waals surface area (Å²) in [6, 6.07) is 0. The molecule has 0 aromatic rings. The van der Waals surface area contributed by atoms with Crippen molar-refractivity contribution in [2.24, 2.45) is 17.3 Å². The third-order valence-electron chi connectivity index (χ3n) is 3.90. The first-order chi connectivity index (χ1) is 6.38. The molecule has 0 saturated heterocycles. The van der Waals surface area contributed by atoms with E-state index in [1.54, 1.807) is 11.1 Å². The van der Waals surface area contributed by atoms with E-state index in [9.17, 15) is 0 Å². The van der Waals surface area contributed by atoms with Crippen LogP contribution in [0.5, 0.6) is 0 Å². The SMILES string of the molecule is CCC(C(C)C(C)=C1CC1)C(C)(C)C. The first-order valence-electron chi connectivity index (χ1n) is 6.06. The van der Waals surface area contributed by atoms with E-state index in [0.717, 1.165) is 11.8 Å². The average molecular weight is 194 g/mol. The van der Waals surface area contributed by atoms with Gasteiger partial charge in [-0.25, -0.2) is 0 Å². The summed E-state index contributed by atoms with van der Waals surface area (Å²) < 4.78 is 0. The van der Waals surface area contributed by atoms with E-state index in [1.807, 2.05) is 0 Å². The summed E-state index contributed by atoms with van der Waals surface area (Å²) in [5, 5.41) is 0. The fraction of sp³-hybridized carbons (Fsp3) is 0.857. The Balaban J connectivity index is 2.75. The molecule has 14 heavy (non-hydrogen) atoms. The highest BCUT2D eigenvalue weighted by molar-refractivity contribution is 5.25. The number of hydrogen-bond donors (Lipinski definition) is 0. The quantitative estimate of drug-likeness (QED) is 0.566. The molecule has 0 aromatic carbocycles. The first-order valence-corrected chi connectivity index (χ1v) is 6.06. The Kier molecular flexibility index (Phi) is 3.44. The molecule has 0 aromatic heterocycles. The molecule has 82 valence electrons. The molecule has 1 aliphatic carbocycles. The van der Waals surface area contributed by atoms with Crippen LogP contribution in [0.25, 0.3) is 0 Å². The topological polar surface area (TPSA) is 0 Å². The molecule has 2 atom stereocenters. The third kappa shape index (κ3) is 2.62. The summed E-state index contributed by atoms with van der Waals surface area (Å²) in [7, 11) is 0. The number of hydrogen-bond acceptors (Lipinski definition) is 0. The van der Waals surface area contributed by atoms with E-state index in [1.165, 1.54) is 19.3 Å². The normalized spacial score (nSPS) is 20.6. The van der Waals surface area contributed by atoms with Gasteiger partial charge in [-0.1, -0.05) is 52.2 Å². The number of allylic oxidation sites excluding steroid dienone is 2. The van der Waals surface area contributed by atoms with Crippen LogP contribution < -0.4 is 0 Å². The molecule has 0 aliphatic heterocycles. The summed E-state index contributed by atoms with van der Waals surface area (Å²) in [6.45, 7) is 14.2. The Morgan fingerprint density at radius 2 is 1.79 bits per heavy atom. The molecule has 0 radical (unpaired) electrons. The molecule has 0 heteroatoms. The predicted octanol–water partition coefficient (Wildman–Crippen LogP) is 4.81. The minimum absolute atomic E-state index is 0.449. The van der Waals surface area contributed by atoms with Gasteiger partial charge in [0.15, 0.2) is 0 Å². The Labute approximate surface area is 89.8 Å². The van der Waals surface area contributed by atoms with Crippen molar-refractivity contribution in [3.63, 3.8) is 0 Å². The van der Waals surface area contributed by atoms with Crippen molar-refractivity contribution in [2.75, 3.05) is 0 Å². The van der Waals surface area contributed by atoms with Gasteiger partial charge < -0.3 is 0 Å². The Morgan fingerprint density at radius 1 is 1.29 bits per heavy atom. The standard InChI is InChI=1S/C14H26/c1-7-13(14(4,5)6)11(3)10(2)12-8-9-12/h11,13H,7-9H2,1-6H3. The van der Waals surface area contributed by atoms with E-state index >= 15 is 0 Å². The van der Waals surface area contributed by atoms with Gasteiger partial charge in [-0.3, -0.25) is 0 Å². The summed E-state index contributed by atoms with van der Waals surface area (Å²) >= 11 is 0. The van der Waals surface area contributed by atoms with Gasteiger partial charge >= 0.3 is 0 Å². The molecule has 1 aliphatic rings. The van der Waals surface area contributed by atoms with Gasteiger partial charge in [-0.2, -0.15) is 0 Å². The van der Waals surface area contributed by atoms with Crippen molar-refractivity contribution in [1.82, 2.24) is 0 Å². The highest BCUT2D eigenvalue weighted by Gasteiger charge is 2.31. The van der Waals surface area contributed by atoms with E-state index in [4.69, 9.17) is 0 Å². The van der Waals surface area contributed by atoms with Crippen LogP contribution in [-0.2, 0) is 0 Å². The summed E-state index contributed by atoms with van der Waals surface area (Å²) in [5.74, 6) is 1.60. The van der Waals surface area contributed by atoms with Crippen molar-refractivity contribution in [1.29, 1.82) is 0 Å². The molecule has 0 spiro atoms. The molecule has 1 rings (SSSR count). The summed E-state index contributed by atoms with van der Waals surface area (Å²) in [5.41, 5.74) is 3.87.